The number of rotatable bonds is 6. The molecule has 4 heterocycles. The largest absolute Gasteiger partial charge is 0.309 e. The third-order valence-corrected chi connectivity index (χ3v) is 11.5. The zero-order valence-electron chi connectivity index (χ0n) is 30.3. The van der Waals surface area contributed by atoms with Crippen LogP contribution >= 0.6 is 11.3 Å². The highest BCUT2D eigenvalue weighted by atomic mass is 32.1. The predicted octanol–water partition coefficient (Wildman–Crippen LogP) is 11.5. The van der Waals surface area contributed by atoms with Crippen LogP contribution in [0.15, 0.2) is 187 Å². The zero-order chi connectivity index (χ0) is 37.9. The molecule has 0 saturated carbocycles. The number of aromatic nitrogens is 6. The van der Waals surface area contributed by atoms with Gasteiger partial charge in [0.25, 0.3) is 5.56 Å². The lowest BCUT2D eigenvalue weighted by Gasteiger charge is -2.12. The normalized spacial score (nSPS) is 11.6. The predicted molar refractivity (Wildman–Crippen MR) is 232 cm³/mol. The van der Waals surface area contributed by atoms with E-state index in [4.69, 9.17) is 15.0 Å². The third kappa shape index (κ3) is 5.70. The molecular formula is C49H30N6OS. The molecule has 7 aromatic carbocycles. The van der Waals surface area contributed by atoms with Crippen molar-refractivity contribution >= 4 is 48.3 Å². The van der Waals surface area contributed by atoms with Gasteiger partial charge in [-0.1, -0.05) is 145 Å². The monoisotopic (exact) mass is 750 g/mol. The highest BCUT2D eigenvalue weighted by molar-refractivity contribution is 7.23. The number of para-hydroxylation sites is 1. The first kappa shape index (κ1) is 32.8. The van der Waals surface area contributed by atoms with Gasteiger partial charge in [0.1, 0.15) is 0 Å². The Hall–Kier alpha value is -7.55. The summed E-state index contributed by atoms with van der Waals surface area (Å²) in [6.07, 6.45) is 0. The smallest absolute Gasteiger partial charge is 0.274 e. The van der Waals surface area contributed by atoms with Gasteiger partial charge in [-0.2, -0.15) is 4.98 Å². The average molecular weight is 751 g/mol. The fraction of sp³-hybridized carbons (Fsp3) is 0. The summed E-state index contributed by atoms with van der Waals surface area (Å²) in [6, 6.07) is 61.9. The lowest BCUT2D eigenvalue weighted by atomic mass is 10.0. The molecule has 268 valence electrons. The van der Waals surface area contributed by atoms with Crippen molar-refractivity contribution in [2.24, 2.45) is 0 Å². The maximum absolute atomic E-state index is 12.7. The minimum Gasteiger partial charge on any atom is -0.309 e. The van der Waals surface area contributed by atoms with Crippen molar-refractivity contribution < 1.29 is 0 Å². The van der Waals surface area contributed by atoms with Crippen LogP contribution in [-0.2, 0) is 0 Å². The van der Waals surface area contributed by atoms with Gasteiger partial charge in [-0.3, -0.25) is 9.20 Å². The summed E-state index contributed by atoms with van der Waals surface area (Å²) in [5, 5.41) is 2.31. The number of thiazole rings is 1. The lowest BCUT2D eigenvalue weighted by molar-refractivity contribution is 1.07. The Bertz CT molecular complexity index is 3320. The Morgan fingerprint density at radius 3 is 1.70 bits per heavy atom. The minimum atomic E-state index is -0.241. The van der Waals surface area contributed by atoms with Crippen molar-refractivity contribution in [1.29, 1.82) is 0 Å². The van der Waals surface area contributed by atoms with Gasteiger partial charge in [-0.05, 0) is 59.2 Å². The second-order valence-electron chi connectivity index (χ2n) is 13.9. The molecule has 0 spiro atoms. The molecule has 8 heteroatoms. The Morgan fingerprint density at radius 2 is 0.982 bits per heavy atom. The van der Waals surface area contributed by atoms with Crippen LogP contribution in [0.2, 0.25) is 0 Å². The fourth-order valence-electron chi connectivity index (χ4n) is 7.79. The van der Waals surface area contributed by atoms with Gasteiger partial charge in [0.15, 0.2) is 22.4 Å². The Morgan fingerprint density at radius 1 is 0.404 bits per heavy atom. The Kier molecular flexibility index (Phi) is 7.68. The van der Waals surface area contributed by atoms with Crippen LogP contribution < -0.4 is 5.56 Å². The van der Waals surface area contributed by atoms with E-state index < -0.39 is 0 Å². The number of nitrogens with zero attached hydrogens (tertiary/aromatic N) is 6. The second-order valence-corrected chi connectivity index (χ2v) is 14.9. The number of fused-ring (bicyclic) bond motifs is 6. The van der Waals surface area contributed by atoms with Crippen molar-refractivity contribution in [3.63, 3.8) is 0 Å². The molecule has 11 rings (SSSR count). The summed E-state index contributed by atoms with van der Waals surface area (Å²) in [5.41, 5.74) is 10.7. The van der Waals surface area contributed by atoms with Crippen LogP contribution in [0.25, 0.3) is 99.2 Å². The number of hydrogen-bond acceptors (Lipinski definition) is 6. The first-order chi connectivity index (χ1) is 28.1. The van der Waals surface area contributed by atoms with Crippen LogP contribution in [0.5, 0.6) is 0 Å². The lowest BCUT2D eigenvalue weighted by Crippen LogP contribution is -2.08. The molecule has 0 aliphatic rings. The molecule has 0 radical (unpaired) electrons. The van der Waals surface area contributed by atoms with Crippen LogP contribution in [-0.4, -0.2) is 28.9 Å². The SMILES string of the molecule is O=c1cc(-c2ccccc2)n2c(n1)sc1ccc(-c3ccc4c(c3)c3ccccc3n4-c3cccc(-c4nc(-c5ccccc5)nc(-c5ccccc5)n4)c3)cc12. The van der Waals surface area contributed by atoms with Gasteiger partial charge in [-0.25, -0.2) is 15.0 Å². The third-order valence-electron chi connectivity index (χ3n) is 10.4. The van der Waals surface area contributed by atoms with E-state index in [0.717, 1.165) is 76.8 Å². The van der Waals surface area contributed by atoms with Crippen LogP contribution in [0.4, 0.5) is 0 Å². The molecule has 7 nitrogen and oxygen atoms in total. The van der Waals surface area contributed by atoms with Crippen molar-refractivity contribution in [3.8, 4) is 62.2 Å². The molecular weight excluding hydrogens is 721 g/mol. The zero-order valence-corrected chi connectivity index (χ0v) is 31.1. The summed E-state index contributed by atoms with van der Waals surface area (Å²) < 4.78 is 5.49. The quantitative estimate of drug-likeness (QED) is 0.169. The number of hydrogen-bond donors (Lipinski definition) is 0. The van der Waals surface area contributed by atoms with E-state index in [0.29, 0.717) is 22.4 Å². The minimum absolute atomic E-state index is 0.241. The van der Waals surface area contributed by atoms with Crippen molar-refractivity contribution in [2.75, 3.05) is 0 Å². The van der Waals surface area contributed by atoms with E-state index in [1.165, 1.54) is 11.3 Å². The molecule has 0 amide bonds. The van der Waals surface area contributed by atoms with Crippen LogP contribution in [0, 0.1) is 0 Å². The molecule has 0 N–H and O–H groups in total. The first-order valence-electron chi connectivity index (χ1n) is 18.7. The molecule has 0 aliphatic heterocycles. The van der Waals surface area contributed by atoms with E-state index >= 15 is 0 Å². The average Bonchev–Trinajstić information content (AvgIpc) is 3.81. The summed E-state index contributed by atoms with van der Waals surface area (Å²) in [7, 11) is 0. The van der Waals surface area contributed by atoms with Crippen molar-refractivity contribution in [1.82, 2.24) is 28.9 Å². The summed E-state index contributed by atoms with van der Waals surface area (Å²) in [5.74, 6) is 1.87. The van der Waals surface area contributed by atoms with Gasteiger partial charge in [-0.15, -0.1) is 0 Å². The first-order valence-corrected chi connectivity index (χ1v) is 19.5. The fourth-order valence-corrected chi connectivity index (χ4v) is 8.80. The van der Waals surface area contributed by atoms with Gasteiger partial charge in [0, 0.05) is 39.2 Å². The topological polar surface area (TPSA) is 78.0 Å². The Balaban J connectivity index is 1.05. The van der Waals surface area contributed by atoms with Gasteiger partial charge >= 0.3 is 0 Å². The molecule has 4 aromatic heterocycles. The summed E-state index contributed by atoms with van der Waals surface area (Å²) in [6.45, 7) is 0. The molecule has 0 fully saturated rings. The molecule has 0 bridgehead atoms. The van der Waals surface area contributed by atoms with E-state index in [1.54, 1.807) is 6.07 Å². The van der Waals surface area contributed by atoms with E-state index in [9.17, 15) is 4.79 Å². The standard InChI is InChI=1S/C49H30N6OS/c56-45-30-42(31-13-4-1-5-14-31)55-43-29-35(24-26-44(43)57-49(55)50-45)34-23-25-41-39(28-34)38-21-10-11-22-40(38)54(41)37-20-12-19-36(27-37)48-52-46(32-15-6-2-7-16-32)51-47(53-48)33-17-8-3-9-18-33/h1-30H. The summed E-state index contributed by atoms with van der Waals surface area (Å²) >= 11 is 1.53. The molecule has 0 saturated heterocycles. The van der Waals surface area contributed by atoms with E-state index in [1.807, 2.05) is 91.0 Å². The second kappa shape index (κ2) is 13.3. The van der Waals surface area contributed by atoms with Gasteiger partial charge in [0.2, 0.25) is 0 Å². The highest BCUT2D eigenvalue weighted by Gasteiger charge is 2.18. The Labute approximate surface area is 330 Å². The molecule has 0 aliphatic carbocycles. The maximum atomic E-state index is 12.7. The van der Waals surface area contributed by atoms with Crippen LogP contribution in [0.1, 0.15) is 0 Å². The molecule has 0 unspecified atom stereocenters. The highest BCUT2D eigenvalue weighted by Crippen LogP contribution is 2.38. The molecule has 57 heavy (non-hydrogen) atoms. The molecule has 0 atom stereocenters. The van der Waals surface area contributed by atoms with Gasteiger partial charge < -0.3 is 4.57 Å². The molecule has 11 aromatic rings. The summed E-state index contributed by atoms with van der Waals surface area (Å²) in [4.78, 5) is 32.6. The van der Waals surface area contributed by atoms with Gasteiger partial charge in [0.05, 0.1) is 26.9 Å². The van der Waals surface area contributed by atoms with Crippen molar-refractivity contribution in [2.45, 2.75) is 0 Å². The number of benzene rings is 7. The van der Waals surface area contributed by atoms with Crippen molar-refractivity contribution in [3.05, 3.63) is 192 Å². The maximum Gasteiger partial charge on any atom is 0.274 e. The van der Waals surface area contributed by atoms with Crippen LogP contribution in [0.3, 0.4) is 0 Å². The van der Waals surface area contributed by atoms with E-state index in [-0.39, 0.29) is 5.56 Å². The van der Waals surface area contributed by atoms with E-state index in [2.05, 4.69) is 98.9 Å².